The van der Waals surface area contributed by atoms with Crippen LogP contribution in [0, 0.1) is 5.82 Å². The van der Waals surface area contributed by atoms with Crippen LogP contribution in [0.1, 0.15) is 31.2 Å². The molecule has 0 aromatic heterocycles. The van der Waals surface area contributed by atoms with E-state index in [0.29, 0.717) is 23.8 Å². The predicted molar refractivity (Wildman–Crippen MR) is 75.2 cm³/mol. The van der Waals surface area contributed by atoms with E-state index in [4.69, 9.17) is 16.4 Å². The number of halogens is 2. The first-order valence-corrected chi connectivity index (χ1v) is 7.28. The Kier molecular flexibility index (Phi) is 3.96. The Balaban J connectivity index is 1.72. The molecule has 0 unspecified atom stereocenters. The number of nitrogens with zero attached hydrogens (tertiary/aromatic N) is 1. The average molecular weight is 298 g/mol. The van der Waals surface area contributed by atoms with E-state index in [-0.39, 0.29) is 18.0 Å². The van der Waals surface area contributed by atoms with E-state index in [1.54, 1.807) is 12.1 Å². The smallest absolute Gasteiger partial charge is 0.170 e. The van der Waals surface area contributed by atoms with Crippen molar-refractivity contribution in [2.75, 3.05) is 6.54 Å². The summed E-state index contributed by atoms with van der Waals surface area (Å²) in [4.78, 5) is 5.83. The molecular formula is C15H17ClFNO2. The third kappa shape index (κ3) is 2.82. The fourth-order valence-corrected chi connectivity index (χ4v) is 3.08. The van der Waals surface area contributed by atoms with Crippen molar-refractivity contribution in [3.8, 4) is 0 Å². The maximum atomic E-state index is 13.0. The molecule has 0 radical (unpaired) electrons. The number of hydrogen-bond acceptors (Lipinski definition) is 3. The number of aliphatic hydroxyl groups excluding tert-OH is 1. The van der Waals surface area contributed by atoms with E-state index in [1.807, 2.05) is 5.06 Å². The summed E-state index contributed by atoms with van der Waals surface area (Å²) < 4.78 is 13.0. The molecule has 1 aliphatic heterocycles. The molecular weight excluding hydrogens is 281 g/mol. The van der Waals surface area contributed by atoms with Crippen molar-refractivity contribution in [3.63, 3.8) is 0 Å². The Hall–Kier alpha value is -1.10. The summed E-state index contributed by atoms with van der Waals surface area (Å²) in [6, 6.07) is 6.29. The standard InChI is InChI=1S/C15H17ClFNO2/c16-14-9-18(12-2-1-3-13(19)8-12)20-15(14)10-4-6-11(17)7-5-10/h4-7,12-13,19H,1-3,8-9H2/t12-,13+/m1/s1. The monoisotopic (exact) mass is 297 g/mol. The number of rotatable bonds is 2. The fraction of sp³-hybridized carbons (Fsp3) is 0.467. The van der Waals surface area contributed by atoms with Gasteiger partial charge in [0.05, 0.1) is 17.7 Å². The molecule has 1 aromatic carbocycles. The third-order valence-electron chi connectivity index (χ3n) is 3.88. The topological polar surface area (TPSA) is 32.7 Å². The first-order chi connectivity index (χ1) is 9.63. The van der Waals surface area contributed by atoms with Crippen molar-refractivity contribution < 1.29 is 14.3 Å². The van der Waals surface area contributed by atoms with Gasteiger partial charge in [-0.05, 0) is 49.9 Å². The third-order valence-corrected chi connectivity index (χ3v) is 4.17. The Morgan fingerprint density at radius 3 is 2.70 bits per heavy atom. The number of hydroxylamine groups is 2. The Morgan fingerprint density at radius 1 is 1.25 bits per heavy atom. The molecule has 1 N–H and O–H groups in total. The van der Waals surface area contributed by atoms with Gasteiger partial charge in [-0.2, -0.15) is 0 Å². The van der Waals surface area contributed by atoms with Gasteiger partial charge in [0.25, 0.3) is 0 Å². The highest BCUT2D eigenvalue weighted by molar-refractivity contribution is 6.32. The predicted octanol–water partition coefficient (Wildman–Crippen LogP) is 3.28. The molecule has 0 bridgehead atoms. The Labute approximate surface area is 122 Å². The van der Waals surface area contributed by atoms with Crippen LogP contribution in [-0.2, 0) is 4.84 Å². The zero-order valence-corrected chi connectivity index (χ0v) is 11.8. The number of hydrogen-bond donors (Lipinski definition) is 1. The van der Waals surface area contributed by atoms with Gasteiger partial charge in [-0.1, -0.05) is 11.6 Å². The summed E-state index contributed by atoms with van der Waals surface area (Å²) >= 11 is 6.26. The van der Waals surface area contributed by atoms with Crippen LogP contribution in [0.25, 0.3) is 5.76 Å². The van der Waals surface area contributed by atoms with Crippen LogP contribution in [0.4, 0.5) is 4.39 Å². The van der Waals surface area contributed by atoms with Crippen LogP contribution < -0.4 is 0 Å². The Bertz CT molecular complexity index is 517. The van der Waals surface area contributed by atoms with Crippen LogP contribution in [0.3, 0.4) is 0 Å². The van der Waals surface area contributed by atoms with Gasteiger partial charge in [0.1, 0.15) is 5.82 Å². The molecule has 2 atom stereocenters. The van der Waals surface area contributed by atoms with Crippen molar-refractivity contribution >= 4 is 17.4 Å². The normalized spacial score (nSPS) is 27.8. The minimum Gasteiger partial charge on any atom is -0.403 e. The van der Waals surface area contributed by atoms with Gasteiger partial charge in [0.2, 0.25) is 0 Å². The average Bonchev–Trinajstić information content (AvgIpc) is 2.82. The molecule has 5 heteroatoms. The zero-order chi connectivity index (χ0) is 14.1. The lowest BCUT2D eigenvalue weighted by molar-refractivity contribution is -0.118. The Morgan fingerprint density at radius 2 is 2.00 bits per heavy atom. The summed E-state index contributed by atoms with van der Waals surface area (Å²) in [6.07, 6.45) is 3.30. The highest BCUT2D eigenvalue weighted by Gasteiger charge is 2.33. The molecule has 20 heavy (non-hydrogen) atoms. The molecule has 0 amide bonds. The van der Waals surface area contributed by atoms with Gasteiger partial charge in [-0.3, -0.25) is 0 Å². The second-order valence-corrected chi connectivity index (χ2v) is 5.84. The van der Waals surface area contributed by atoms with Crippen molar-refractivity contribution in [2.24, 2.45) is 0 Å². The number of benzene rings is 1. The largest absolute Gasteiger partial charge is 0.403 e. The van der Waals surface area contributed by atoms with Crippen LogP contribution in [0.15, 0.2) is 29.3 Å². The van der Waals surface area contributed by atoms with Crippen LogP contribution in [-0.4, -0.2) is 28.9 Å². The number of aliphatic hydroxyl groups is 1. The van der Waals surface area contributed by atoms with Crippen LogP contribution >= 0.6 is 11.6 Å². The lowest BCUT2D eigenvalue weighted by Gasteiger charge is -2.32. The van der Waals surface area contributed by atoms with E-state index in [2.05, 4.69) is 0 Å². The van der Waals surface area contributed by atoms with Crippen molar-refractivity contribution in [3.05, 3.63) is 40.7 Å². The van der Waals surface area contributed by atoms with E-state index in [0.717, 1.165) is 24.8 Å². The highest BCUT2D eigenvalue weighted by atomic mass is 35.5. The first-order valence-electron chi connectivity index (χ1n) is 6.91. The van der Waals surface area contributed by atoms with E-state index < -0.39 is 0 Å². The van der Waals surface area contributed by atoms with Crippen LogP contribution in [0.5, 0.6) is 0 Å². The summed E-state index contributed by atoms with van der Waals surface area (Å²) in [7, 11) is 0. The lowest BCUT2D eigenvalue weighted by atomic mass is 9.93. The fourth-order valence-electron chi connectivity index (χ4n) is 2.82. The van der Waals surface area contributed by atoms with Gasteiger partial charge in [-0.25, -0.2) is 4.39 Å². The van der Waals surface area contributed by atoms with E-state index >= 15 is 0 Å². The van der Waals surface area contributed by atoms with Crippen molar-refractivity contribution in [1.82, 2.24) is 5.06 Å². The summed E-state index contributed by atoms with van der Waals surface area (Å²) in [6.45, 7) is 0.519. The summed E-state index contributed by atoms with van der Waals surface area (Å²) in [5, 5.41) is 12.2. The zero-order valence-electron chi connectivity index (χ0n) is 11.1. The van der Waals surface area contributed by atoms with Gasteiger partial charge in [0.15, 0.2) is 5.76 Å². The lowest BCUT2D eigenvalue weighted by Crippen LogP contribution is -2.38. The second kappa shape index (κ2) is 5.72. The van der Waals surface area contributed by atoms with Gasteiger partial charge in [0, 0.05) is 11.6 Å². The summed E-state index contributed by atoms with van der Waals surface area (Å²) in [5.41, 5.74) is 0.773. The maximum absolute atomic E-state index is 13.0. The van der Waals surface area contributed by atoms with E-state index in [9.17, 15) is 9.50 Å². The SMILES string of the molecule is O[C@H]1CCC[C@@H](N2CC(Cl)=C(c3ccc(F)cc3)O2)C1. The molecule has 1 aliphatic carbocycles. The van der Waals surface area contributed by atoms with Gasteiger partial charge >= 0.3 is 0 Å². The van der Waals surface area contributed by atoms with E-state index in [1.165, 1.54) is 12.1 Å². The molecule has 1 heterocycles. The summed E-state index contributed by atoms with van der Waals surface area (Å²) in [5.74, 6) is 0.308. The molecule has 108 valence electrons. The van der Waals surface area contributed by atoms with Crippen molar-refractivity contribution in [2.45, 2.75) is 37.8 Å². The molecule has 0 saturated heterocycles. The second-order valence-electron chi connectivity index (χ2n) is 5.38. The first kappa shape index (κ1) is 13.9. The quantitative estimate of drug-likeness (QED) is 0.909. The van der Waals surface area contributed by atoms with Crippen molar-refractivity contribution in [1.29, 1.82) is 0 Å². The van der Waals surface area contributed by atoms with Crippen LogP contribution in [0.2, 0.25) is 0 Å². The van der Waals surface area contributed by atoms with Gasteiger partial charge in [-0.15, -0.1) is 5.06 Å². The molecule has 3 rings (SSSR count). The molecule has 0 spiro atoms. The minimum absolute atomic E-state index is 0.186. The molecule has 1 fully saturated rings. The highest BCUT2D eigenvalue weighted by Crippen LogP contribution is 2.35. The van der Waals surface area contributed by atoms with Gasteiger partial charge < -0.3 is 9.94 Å². The molecule has 1 aromatic rings. The molecule has 1 saturated carbocycles. The molecule has 2 aliphatic rings. The maximum Gasteiger partial charge on any atom is 0.170 e. The molecule has 3 nitrogen and oxygen atoms in total. The minimum atomic E-state index is -0.282.